The summed E-state index contributed by atoms with van der Waals surface area (Å²) in [5.41, 5.74) is 0. The van der Waals surface area contributed by atoms with Gasteiger partial charge in [-0.1, -0.05) is 27.2 Å². The monoisotopic (exact) mass is 275 g/mol. The third-order valence-corrected chi connectivity index (χ3v) is 4.72. The minimum absolute atomic E-state index is 0.340. The third-order valence-electron chi connectivity index (χ3n) is 3.35. The maximum absolute atomic E-state index is 9.95. The highest BCUT2D eigenvalue weighted by molar-refractivity contribution is 8.00. The third kappa shape index (κ3) is 6.98. The molecule has 18 heavy (non-hydrogen) atoms. The van der Waals surface area contributed by atoms with E-state index in [9.17, 15) is 5.11 Å². The highest BCUT2D eigenvalue weighted by Gasteiger charge is 2.24. The molecule has 0 amide bonds. The molecule has 1 fully saturated rings. The van der Waals surface area contributed by atoms with Gasteiger partial charge in [0.15, 0.2) is 0 Å². The highest BCUT2D eigenvalue weighted by atomic mass is 32.2. The Morgan fingerprint density at radius 3 is 2.89 bits per heavy atom. The number of aliphatic hydroxyl groups is 1. The zero-order valence-corrected chi connectivity index (χ0v) is 13.0. The number of hydrogen-bond acceptors (Lipinski definition) is 4. The number of rotatable bonds is 7. The minimum Gasteiger partial charge on any atom is -0.389 e. The molecule has 0 aliphatic carbocycles. The van der Waals surface area contributed by atoms with Crippen molar-refractivity contribution in [2.45, 2.75) is 50.9 Å². The average molecular weight is 275 g/mol. The molecule has 1 heterocycles. The molecule has 0 saturated carbocycles. The summed E-state index contributed by atoms with van der Waals surface area (Å²) in [5, 5.41) is 9.95. The lowest BCUT2D eigenvalue weighted by Gasteiger charge is -2.24. The van der Waals surface area contributed by atoms with E-state index in [0.29, 0.717) is 11.4 Å². The predicted octanol–water partition coefficient (Wildman–Crippen LogP) is 2.38. The van der Waals surface area contributed by atoms with E-state index in [1.165, 1.54) is 6.42 Å². The summed E-state index contributed by atoms with van der Waals surface area (Å²) >= 11 is 2.04. The lowest BCUT2D eigenvalue weighted by atomic mass is 10.1. The zero-order valence-electron chi connectivity index (χ0n) is 12.2. The fraction of sp³-hybridized carbons (Fsp3) is 1.00. The van der Waals surface area contributed by atoms with Crippen LogP contribution in [-0.2, 0) is 4.74 Å². The Bertz CT molecular complexity index is 224. The lowest BCUT2D eigenvalue weighted by molar-refractivity contribution is 0.0167. The molecule has 3 nitrogen and oxygen atoms in total. The number of thioether (sulfide) groups is 1. The van der Waals surface area contributed by atoms with Crippen LogP contribution >= 0.6 is 11.8 Å². The molecule has 0 aromatic heterocycles. The van der Waals surface area contributed by atoms with Crippen LogP contribution in [0.5, 0.6) is 0 Å². The van der Waals surface area contributed by atoms with Crippen LogP contribution in [0.2, 0.25) is 0 Å². The summed E-state index contributed by atoms with van der Waals surface area (Å²) < 4.78 is 5.85. The van der Waals surface area contributed by atoms with Crippen molar-refractivity contribution in [2.75, 3.05) is 38.6 Å². The second kappa shape index (κ2) is 8.41. The smallest absolute Gasteiger partial charge is 0.0900 e. The zero-order chi connectivity index (χ0) is 13.4. The van der Waals surface area contributed by atoms with Gasteiger partial charge in [0.25, 0.3) is 0 Å². The second-order valence-electron chi connectivity index (χ2n) is 5.74. The number of nitrogens with zero attached hydrogens (tertiary/aromatic N) is 1. The molecule has 1 atom stereocenters. The topological polar surface area (TPSA) is 32.7 Å². The Morgan fingerprint density at radius 1 is 1.39 bits per heavy atom. The van der Waals surface area contributed by atoms with Crippen LogP contribution in [0.4, 0.5) is 0 Å². The number of unbranched alkanes of at least 4 members (excludes halogenated alkanes) is 1. The van der Waals surface area contributed by atoms with Crippen molar-refractivity contribution in [1.82, 2.24) is 4.90 Å². The molecule has 0 bridgehead atoms. The van der Waals surface area contributed by atoms with E-state index in [-0.39, 0.29) is 6.10 Å². The lowest BCUT2D eigenvalue weighted by Crippen LogP contribution is -2.36. The standard InChI is InChI=1S/C14H29NO2S/c1-4-5-9-17-12-13(16)11-15-7-6-14(2,3)18-10-8-15/h13,16H,4-12H2,1-3H3. The molecule has 4 heteroatoms. The van der Waals surface area contributed by atoms with Crippen molar-refractivity contribution in [2.24, 2.45) is 0 Å². The van der Waals surface area contributed by atoms with Crippen LogP contribution in [0.25, 0.3) is 0 Å². The van der Waals surface area contributed by atoms with Crippen molar-refractivity contribution in [3.8, 4) is 0 Å². The summed E-state index contributed by atoms with van der Waals surface area (Å²) in [7, 11) is 0. The van der Waals surface area contributed by atoms with Gasteiger partial charge in [0.1, 0.15) is 0 Å². The fourth-order valence-corrected chi connectivity index (χ4v) is 3.20. The predicted molar refractivity (Wildman–Crippen MR) is 79.3 cm³/mol. The van der Waals surface area contributed by atoms with Gasteiger partial charge in [0, 0.05) is 30.2 Å². The summed E-state index contributed by atoms with van der Waals surface area (Å²) in [4.78, 5) is 2.37. The van der Waals surface area contributed by atoms with Crippen LogP contribution in [0.3, 0.4) is 0 Å². The Balaban J connectivity index is 2.17. The van der Waals surface area contributed by atoms with Crippen molar-refractivity contribution in [1.29, 1.82) is 0 Å². The van der Waals surface area contributed by atoms with Crippen LogP contribution < -0.4 is 0 Å². The highest BCUT2D eigenvalue weighted by Crippen LogP contribution is 2.30. The molecule has 0 aromatic rings. The molecule has 1 saturated heterocycles. The first-order valence-electron chi connectivity index (χ1n) is 7.15. The van der Waals surface area contributed by atoms with Gasteiger partial charge in [-0.15, -0.1) is 0 Å². The summed E-state index contributed by atoms with van der Waals surface area (Å²) in [6, 6.07) is 0. The molecule has 0 spiro atoms. The Kier molecular flexibility index (Phi) is 7.61. The maximum atomic E-state index is 9.95. The van der Waals surface area contributed by atoms with Crippen molar-refractivity contribution >= 4 is 11.8 Å². The Hall–Kier alpha value is 0.230. The van der Waals surface area contributed by atoms with E-state index in [4.69, 9.17) is 4.74 Å². The van der Waals surface area contributed by atoms with E-state index in [1.807, 2.05) is 11.8 Å². The summed E-state index contributed by atoms with van der Waals surface area (Å²) in [5.74, 6) is 1.16. The van der Waals surface area contributed by atoms with Gasteiger partial charge in [-0.2, -0.15) is 11.8 Å². The average Bonchev–Trinajstić information content (AvgIpc) is 2.47. The maximum Gasteiger partial charge on any atom is 0.0900 e. The molecule has 0 radical (unpaired) electrons. The minimum atomic E-state index is -0.340. The molecule has 1 aliphatic rings. The van der Waals surface area contributed by atoms with Crippen LogP contribution in [0.1, 0.15) is 40.0 Å². The Morgan fingerprint density at radius 2 is 2.17 bits per heavy atom. The van der Waals surface area contributed by atoms with E-state index in [1.54, 1.807) is 0 Å². The molecular weight excluding hydrogens is 246 g/mol. The number of hydrogen-bond donors (Lipinski definition) is 1. The van der Waals surface area contributed by atoms with Gasteiger partial charge in [0.2, 0.25) is 0 Å². The molecule has 1 unspecified atom stereocenters. The normalized spacial score (nSPS) is 22.7. The van der Waals surface area contributed by atoms with Crippen molar-refractivity contribution < 1.29 is 9.84 Å². The number of ether oxygens (including phenoxy) is 1. The quantitative estimate of drug-likeness (QED) is 0.723. The molecule has 1 rings (SSSR count). The molecule has 1 N–H and O–H groups in total. The first-order chi connectivity index (χ1) is 8.53. The second-order valence-corrected chi connectivity index (χ2v) is 7.54. The molecule has 108 valence electrons. The largest absolute Gasteiger partial charge is 0.389 e. The molecular formula is C14H29NO2S. The van der Waals surface area contributed by atoms with Crippen LogP contribution in [0.15, 0.2) is 0 Å². The van der Waals surface area contributed by atoms with E-state index in [2.05, 4.69) is 25.7 Å². The number of aliphatic hydroxyl groups excluding tert-OH is 1. The summed E-state index contributed by atoms with van der Waals surface area (Å²) in [6.07, 6.45) is 3.09. The van der Waals surface area contributed by atoms with Crippen LogP contribution in [-0.4, -0.2) is 59.5 Å². The van der Waals surface area contributed by atoms with Gasteiger partial charge in [-0.05, 0) is 19.4 Å². The van der Waals surface area contributed by atoms with Gasteiger partial charge >= 0.3 is 0 Å². The van der Waals surface area contributed by atoms with E-state index < -0.39 is 0 Å². The van der Waals surface area contributed by atoms with E-state index >= 15 is 0 Å². The first kappa shape index (κ1) is 16.3. The first-order valence-corrected chi connectivity index (χ1v) is 8.14. The Labute approximate surface area is 116 Å². The SMILES string of the molecule is CCCCOCC(O)CN1CCSC(C)(C)CC1. The van der Waals surface area contributed by atoms with Gasteiger partial charge in [-0.25, -0.2) is 0 Å². The van der Waals surface area contributed by atoms with Crippen LogP contribution in [0, 0.1) is 0 Å². The summed E-state index contributed by atoms with van der Waals surface area (Å²) in [6.45, 7) is 11.0. The van der Waals surface area contributed by atoms with Gasteiger partial charge in [-0.3, -0.25) is 4.90 Å². The van der Waals surface area contributed by atoms with Gasteiger partial charge < -0.3 is 9.84 Å². The molecule has 1 aliphatic heterocycles. The fourth-order valence-electron chi connectivity index (χ4n) is 2.06. The van der Waals surface area contributed by atoms with Crippen molar-refractivity contribution in [3.63, 3.8) is 0 Å². The van der Waals surface area contributed by atoms with Crippen molar-refractivity contribution in [3.05, 3.63) is 0 Å². The number of β-amino-alcohol motifs (C(OH)–C–C–N with tert-alkyl or cyclic N) is 1. The molecule has 0 aromatic carbocycles. The van der Waals surface area contributed by atoms with E-state index in [0.717, 1.165) is 44.8 Å². The van der Waals surface area contributed by atoms with Gasteiger partial charge in [0.05, 0.1) is 12.7 Å².